The summed E-state index contributed by atoms with van der Waals surface area (Å²) in [6.45, 7) is 1.27. The summed E-state index contributed by atoms with van der Waals surface area (Å²) >= 11 is 5.87. The van der Waals surface area contributed by atoms with Crippen LogP contribution in [0.2, 0.25) is 5.02 Å². The second-order valence-electron chi connectivity index (χ2n) is 7.12. The third-order valence-electron chi connectivity index (χ3n) is 4.82. The van der Waals surface area contributed by atoms with E-state index in [-0.39, 0.29) is 11.5 Å². The van der Waals surface area contributed by atoms with Crippen LogP contribution in [0.4, 0.5) is 0 Å². The maximum atomic E-state index is 12.4. The van der Waals surface area contributed by atoms with Crippen molar-refractivity contribution in [1.29, 1.82) is 0 Å². The van der Waals surface area contributed by atoms with Gasteiger partial charge in [0.2, 0.25) is 0 Å². The largest absolute Gasteiger partial charge is 0.455 e. The van der Waals surface area contributed by atoms with E-state index in [4.69, 9.17) is 16.3 Å². The number of sulfone groups is 1. The quantitative estimate of drug-likeness (QED) is 0.778. The second-order valence-corrected chi connectivity index (χ2v) is 9.74. The first-order chi connectivity index (χ1) is 11.6. The third kappa shape index (κ3) is 3.98. The van der Waals surface area contributed by atoms with Gasteiger partial charge in [-0.2, -0.15) is 0 Å². The zero-order valence-electron chi connectivity index (χ0n) is 13.9. The van der Waals surface area contributed by atoms with Crippen LogP contribution in [0.5, 0.6) is 0 Å². The van der Waals surface area contributed by atoms with Crippen LogP contribution in [0.1, 0.15) is 31.7 Å². The van der Waals surface area contributed by atoms with Gasteiger partial charge in [0.1, 0.15) is 0 Å². The summed E-state index contributed by atoms with van der Waals surface area (Å²) in [6.07, 6.45) is 1.71. The Kier molecular flexibility index (Phi) is 4.58. The highest BCUT2D eigenvalue weighted by Crippen LogP contribution is 2.49. The molecular formula is C17H20ClNO5S. The standard InChI is InChI=1S/C17H20ClNO5S/c1-16(8-9-25(22,23)11-16)19-14(20)10-24-15(21)17(6-7-17)12-2-4-13(18)5-3-12/h2-5H,6-11H2,1H3,(H,19,20)/t16-/m0/s1. The van der Waals surface area contributed by atoms with E-state index < -0.39 is 39.3 Å². The number of carbonyl (C=O) groups excluding carboxylic acids is 2. The van der Waals surface area contributed by atoms with Crippen molar-refractivity contribution < 1.29 is 22.7 Å². The van der Waals surface area contributed by atoms with Crippen LogP contribution in [-0.2, 0) is 29.6 Å². The Balaban J connectivity index is 1.56. The van der Waals surface area contributed by atoms with Gasteiger partial charge in [0, 0.05) is 5.02 Å². The van der Waals surface area contributed by atoms with Gasteiger partial charge >= 0.3 is 5.97 Å². The fourth-order valence-corrected chi connectivity index (χ4v) is 5.47. The number of nitrogens with one attached hydrogen (secondary N) is 1. The Hall–Kier alpha value is -1.60. The molecule has 8 heteroatoms. The van der Waals surface area contributed by atoms with E-state index in [1.165, 1.54) is 0 Å². The number of ether oxygens (including phenoxy) is 1. The fourth-order valence-electron chi connectivity index (χ4n) is 3.26. The molecule has 1 heterocycles. The molecule has 0 spiro atoms. The summed E-state index contributed by atoms with van der Waals surface area (Å²) in [6, 6.07) is 7.03. The normalized spacial score (nSPS) is 26.0. The van der Waals surface area contributed by atoms with Crippen molar-refractivity contribution >= 4 is 33.3 Å². The molecule has 1 atom stereocenters. The predicted octanol–water partition coefficient (Wildman–Crippen LogP) is 1.61. The molecule has 0 aromatic heterocycles. The molecule has 1 aliphatic carbocycles. The van der Waals surface area contributed by atoms with Gasteiger partial charge in [-0.05, 0) is 43.9 Å². The predicted molar refractivity (Wildman–Crippen MR) is 93.1 cm³/mol. The molecule has 2 aliphatic rings. The monoisotopic (exact) mass is 385 g/mol. The first-order valence-electron chi connectivity index (χ1n) is 8.09. The third-order valence-corrected chi connectivity index (χ3v) is 6.97. The highest BCUT2D eigenvalue weighted by Gasteiger charge is 2.53. The number of esters is 1. The van der Waals surface area contributed by atoms with E-state index in [0.717, 1.165) is 5.56 Å². The van der Waals surface area contributed by atoms with Gasteiger partial charge in [-0.25, -0.2) is 8.42 Å². The number of amides is 1. The van der Waals surface area contributed by atoms with Gasteiger partial charge in [0.25, 0.3) is 5.91 Å². The smallest absolute Gasteiger partial charge is 0.317 e. The zero-order chi connectivity index (χ0) is 18.3. The van der Waals surface area contributed by atoms with Crippen LogP contribution >= 0.6 is 11.6 Å². The molecule has 1 N–H and O–H groups in total. The van der Waals surface area contributed by atoms with Gasteiger partial charge in [-0.1, -0.05) is 23.7 Å². The molecule has 1 amide bonds. The Morgan fingerprint density at radius 2 is 1.84 bits per heavy atom. The summed E-state index contributed by atoms with van der Waals surface area (Å²) in [5.41, 5.74) is -0.655. The molecule has 2 fully saturated rings. The second kappa shape index (κ2) is 6.29. The number of carbonyl (C=O) groups is 2. The Morgan fingerprint density at radius 3 is 2.36 bits per heavy atom. The lowest BCUT2D eigenvalue weighted by Gasteiger charge is -2.24. The Morgan fingerprint density at radius 1 is 1.20 bits per heavy atom. The average molecular weight is 386 g/mol. The van der Waals surface area contributed by atoms with Crippen molar-refractivity contribution in [2.45, 2.75) is 37.1 Å². The van der Waals surface area contributed by atoms with Crippen LogP contribution in [0, 0.1) is 0 Å². The lowest BCUT2D eigenvalue weighted by Crippen LogP contribution is -2.48. The zero-order valence-corrected chi connectivity index (χ0v) is 15.5. The molecule has 3 rings (SSSR count). The minimum Gasteiger partial charge on any atom is -0.455 e. The summed E-state index contributed by atoms with van der Waals surface area (Å²) in [4.78, 5) is 24.5. The highest BCUT2D eigenvalue weighted by molar-refractivity contribution is 7.91. The molecule has 1 aliphatic heterocycles. The van der Waals surface area contributed by atoms with Crippen LogP contribution in [0.15, 0.2) is 24.3 Å². The molecule has 0 unspecified atom stereocenters. The van der Waals surface area contributed by atoms with Crippen molar-refractivity contribution in [2.24, 2.45) is 0 Å². The number of halogens is 1. The lowest BCUT2D eigenvalue weighted by atomic mass is 9.96. The molecule has 25 heavy (non-hydrogen) atoms. The maximum Gasteiger partial charge on any atom is 0.317 e. The molecule has 0 bridgehead atoms. The molecule has 1 saturated carbocycles. The van der Waals surface area contributed by atoms with Crippen molar-refractivity contribution in [3.8, 4) is 0 Å². The molecular weight excluding hydrogens is 366 g/mol. The van der Waals surface area contributed by atoms with Crippen LogP contribution < -0.4 is 5.32 Å². The molecule has 1 aromatic carbocycles. The average Bonchev–Trinajstić information content (AvgIpc) is 3.28. The molecule has 1 saturated heterocycles. The summed E-state index contributed by atoms with van der Waals surface area (Å²) < 4.78 is 28.3. The van der Waals surface area contributed by atoms with E-state index in [2.05, 4.69) is 5.32 Å². The van der Waals surface area contributed by atoms with E-state index in [1.54, 1.807) is 31.2 Å². The number of benzene rings is 1. The van der Waals surface area contributed by atoms with E-state index in [9.17, 15) is 18.0 Å². The summed E-state index contributed by atoms with van der Waals surface area (Å²) in [5.74, 6) is -0.952. The van der Waals surface area contributed by atoms with Gasteiger partial charge in [-0.3, -0.25) is 9.59 Å². The van der Waals surface area contributed by atoms with E-state index in [0.29, 0.717) is 24.3 Å². The molecule has 6 nitrogen and oxygen atoms in total. The van der Waals surface area contributed by atoms with Crippen LogP contribution in [-0.4, -0.2) is 43.9 Å². The fraction of sp³-hybridized carbons (Fsp3) is 0.529. The van der Waals surface area contributed by atoms with Gasteiger partial charge in [0.15, 0.2) is 16.4 Å². The maximum absolute atomic E-state index is 12.4. The van der Waals surface area contributed by atoms with Gasteiger partial charge in [-0.15, -0.1) is 0 Å². The minimum absolute atomic E-state index is 0.0588. The van der Waals surface area contributed by atoms with Gasteiger partial charge in [0.05, 0.1) is 22.5 Å². The number of rotatable bonds is 5. The highest BCUT2D eigenvalue weighted by atomic mass is 35.5. The summed E-state index contributed by atoms with van der Waals surface area (Å²) in [7, 11) is -3.12. The van der Waals surface area contributed by atoms with Crippen molar-refractivity contribution in [3.05, 3.63) is 34.9 Å². The summed E-state index contributed by atoms with van der Waals surface area (Å²) in [5, 5.41) is 3.26. The van der Waals surface area contributed by atoms with E-state index in [1.807, 2.05) is 0 Å². The van der Waals surface area contributed by atoms with Crippen LogP contribution in [0.25, 0.3) is 0 Å². The van der Waals surface area contributed by atoms with Crippen LogP contribution in [0.3, 0.4) is 0 Å². The minimum atomic E-state index is -3.12. The van der Waals surface area contributed by atoms with Crippen molar-refractivity contribution in [3.63, 3.8) is 0 Å². The van der Waals surface area contributed by atoms with Gasteiger partial charge < -0.3 is 10.1 Å². The van der Waals surface area contributed by atoms with E-state index >= 15 is 0 Å². The molecule has 136 valence electrons. The molecule has 0 radical (unpaired) electrons. The van der Waals surface area contributed by atoms with Crippen molar-refractivity contribution in [1.82, 2.24) is 5.32 Å². The first-order valence-corrected chi connectivity index (χ1v) is 10.3. The number of hydrogen-bond donors (Lipinski definition) is 1. The topological polar surface area (TPSA) is 89.5 Å². The first kappa shape index (κ1) is 18.2. The SMILES string of the molecule is C[C@]1(NC(=O)COC(=O)C2(c3ccc(Cl)cc3)CC2)CCS(=O)(=O)C1. The molecule has 1 aromatic rings. The lowest BCUT2D eigenvalue weighted by molar-refractivity contribution is -0.151. The Bertz CT molecular complexity index is 801. The van der Waals surface area contributed by atoms with Crippen molar-refractivity contribution in [2.75, 3.05) is 18.1 Å². The Labute approximate surface area is 151 Å². The number of hydrogen-bond acceptors (Lipinski definition) is 5.